The predicted molar refractivity (Wildman–Crippen MR) is 112 cm³/mol. The van der Waals surface area contributed by atoms with Gasteiger partial charge in [0.1, 0.15) is 0 Å². The molecule has 10 radical (unpaired) electrons. The molecule has 2 fully saturated rings. The molecular weight excluding hydrogens is 430 g/mol. The van der Waals surface area contributed by atoms with Crippen LogP contribution in [0, 0.1) is 61.9 Å². The first-order valence-corrected chi connectivity index (χ1v) is 15.9. The van der Waals surface area contributed by atoms with Gasteiger partial charge in [0.2, 0.25) is 0 Å². The number of hydrogen-bond acceptors (Lipinski definition) is 0. The average molecular weight is 462 g/mol. The van der Waals surface area contributed by atoms with E-state index in [1.54, 1.807) is 11.1 Å². The summed E-state index contributed by atoms with van der Waals surface area (Å²) in [5, 5.41) is 0. The molecule has 0 aliphatic heterocycles. The van der Waals surface area contributed by atoms with E-state index in [4.69, 9.17) is 0 Å². The van der Waals surface area contributed by atoms with E-state index in [1.807, 2.05) is 12.8 Å². The maximum atomic E-state index is 9.75. The van der Waals surface area contributed by atoms with Crippen molar-refractivity contribution in [2.75, 3.05) is 0 Å². The molecule has 2 aliphatic carbocycles. The van der Waals surface area contributed by atoms with Crippen LogP contribution in [0.2, 0.25) is 39.3 Å². The van der Waals surface area contributed by atoms with Gasteiger partial charge in [0.25, 0.3) is 0 Å². The van der Waals surface area contributed by atoms with Gasteiger partial charge in [-0.1, -0.05) is 46.2 Å². The maximum Gasteiger partial charge on any atom is 3.00 e. The normalized spacial score (nSPS) is 20.6. The summed E-state index contributed by atoms with van der Waals surface area (Å²) < 4.78 is 39.0. The van der Waals surface area contributed by atoms with Crippen molar-refractivity contribution in [1.82, 2.24) is 0 Å². The zero-order valence-electron chi connectivity index (χ0n) is 17.4. The maximum absolute atomic E-state index is 9.75. The van der Waals surface area contributed by atoms with Crippen LogP contribution in [0.1, 0.15) is 19.8 Å². The number of halogens is 4. The van der Waals surface area contributed by atoms with Crippen LogP contribution in [0.15, 0.2) is 0 Å². The van der Waals surface area contributed by atoms with E-state index in [9.17, 15) is 17.3 Å². The van der Waals surface area contributed by atoms with Gasteiger partial charge in [0, 0.05) is 0 Å². The summed E-state index contributed by atoms with van der Waals surface area (Å²) in [6.45, 7) is 16.9. The second-order valence-corrected chi connectivity index (χ2v) is 18.5. The van der Waals surface area contributed by atoms with Gasteiger partial charge in [-0.2, -0.15) is 0 Å². The van der Waals surface area contributed by atoms with Crippen molar-refractivity contribution < 1.29 is 34.0 Å². The van der Waals surface area contributed by atoms with Gasteiger partial charge in [0.05, 0.1) is 16.1 Å². The average Bonchev–Trinajstić information content (AvgIpc) is 2.74. The summed E-state index contributed by atoms with van der Waals surface area (Å²) in [6.07, 6.45) is 18.0. The molecule has 2 aliphatic rings. The molecule has 154 valence electrons. The van der Waals surface area contributed by atoms with E-state index >= 15 is 0 Å². The Bertz CT molecular complexity index is 347. The molecule has 0 aromatic heterocycles. The van der Waals surface area contributed by atoms with Crippen LogP contribution < -0.4 is 0 Å². The van der Waals surface area contributed by atoms with E-state index in [0.717, 1.165) is 0 Å². The van der Waals surface area contributed by atoms with Crippen LogP contribution in [-0.2, 0) is 16.8 Å². The summed E-state index contributed by atoms with van der Waals surface area (Å²) in [5.74, 6) is 1.34. The van der Waals surface area contributed by atoms with Gasteiger partial charge in [-0.15, -0.1) is 0 Å². The molecule has 0 amide bonds. The second kappa shape index (κ2) is 13.1. The molecule has 0 aromatic rings. The molecular formula is C19H32BCoF4Si2+2. The van der Waals surface area contributed by atoms with Crippen molar-refractivity contribution in [3.8, 4) is 0 Å². The van der Waals surface area contributed by atoms with Crippen molar-refractivity contribution in [3.05, 3.63) is 61.9 Å². The fraction of sp³-hybridized carbons (Fsp3) is 0.474. The molecule has 0 N–H and O–H groups in total. The fourth-order valence-corrected chi connectivity index (χ4v) is 7.99. The second-order valence-electron chi connectivity index (χ2n) is 8.47. The number of rotatable bonds is 2. The monoisotopic (exact) mass is 462 g/mol. The summed E-state index contributed by atoms with van der Waals surface area (Å²) in [7, 11) is -8.32. The molecule has 0 spiro atoms. The Balaban J connectivity index is 0. The Hall–Kier alpha value is 0.725. The van der Waals surface area contributed by atoms with Crippen molar-refractivity contribution in [2.45, 2.75) is 59.0 Å². The van der Waals surface area contributed by atoms with Gasteiger partial charge in [0.15, 0.2) is 0 Å². The standard InChI is InChI=1S/C13H25Si2.C6H7.BF4.Co/c1-14(2,3)12-10-8-7-9-11-13(12)15(4,5)6;1-6-4-2-3-5-6;2-1(3,4)5;/h8,10-11H,7,9H2,1-6H3;2-5H,1H3;;/q;;-1;+3. The SMILES string of the molecule is C[C]1[CH][CH][CH][CH]1.C[Si](C)(C)[C]1[CH][CH]CC[CH][C]1[Si](C)(C)C.F[B-](F)(F)F.[Co+3]. The third-order valence-electron chi connectivity index (χ3n) is 3.70. The third-order valence-corrected chi connectivity index (χ3v) is 8.09. The van der Waals surface area contributed by atoms with E-state index in [2.05, 4.69) is 78.3 Å². The van der Waals surface area contributed by atoms with Gasteiger partial charge in [-0.3, -0.25) is 0 Å². The van der Waals surface area contributed by atoms with Gasteiger partial charge >= 0.3 is 24.0 Å². The minimum atomic E-state index is -6.00. The summed E-state index contributed by atoms with van der Waals surface area (Å²) in [4.78, 5) is 0. The zero-order chi connectivity index (χ0) is 20.6. The zero-order valence-corrected chi connectivity index (χ0v) is 20.4. The summed E-state index contributed by atoms with van der Waals surface area (Å²) in [5.41, 5.74) is 3.44. The minimum absolute atomic E-state index is 0. The molecule has 0 saturated heterocycles. The molecule has 27 heavy (non-hydrogen) atoms. The van der Waals surface area contributed by atoms with Crippen molar-refractivity contribution >= 4 is 23.4 Å². The van der Waals surface area contributed by atoms with Gasteiger partial charge < -0.3 is 17.3 Å². The molecule has 0 unspecified atom stereocenters. The molecule has 0 nitrogen and oxygen atoms in total. The van der Waals surface area contributed by atoms with Crippen molar-refractivity contribution in [1.29, 1.82) is 0 Å². The largest absolute Gasteiger partial charge is 3.00 e. The molecule has 0 atom stereocenters. The van der Waals surface area contributed by atoms with E-state index in [1.165, 1.54) is 18.8 Å². The first kappa shape index (κ1) is 29.9. The minimum Gasteiger partial charge on any atom is -0.418 e. The van der Waals surface area contributed by atoms with Crippen LogP contribution in [0.4, 0.5) is 17.3 Å². The summed E-state index contributed by atoms with van der Waals surface area (Å²) in [6, 6.07) is 0. The van der Waals surface area contributed by atoms with Gasteiger partial charge in [-0.25, -0.2) is 0 Å². The molecule has 0 heterocycles. The molecule has 0 bridgehead atoms. The van der Waals surface area contributed by atoms with E-state index in [0.29, 0.717) is 0 Å². The molecule has 8 heteroatoms. The van der Waals surface area contributed by atoms with Crippen molar-refractivity contribution in [2.24, 2.45) is 0 Å². The molecule has 0 aromatic carbocycles. The number of hydrogen-bond donors (Lipinski definition) is 0. The Kier molecular flexibility index (Phi) is 14.5. The predicted octanol–water partition coefficient (Wildman–Crippen LogP) is 7.01. The van der Waals surface area contributed by atoms with Crippen molar-refractivity contribution in [3.63, 3.8) is 0 Å². The first-order valence-electron chi connectivity index (χ1n) is 8.93. The molecule has 2 saturated carbocycles. The van der Waals surface area contributed by atoms with Crippen LogP contribution in [0.25, 0.3) is 0 Å². The van der Waals surface area contributed by atoms with E-state index in [-0.39, 0.29) is 16.8 Å². The smallest absolute Gasteiger partial charge is 0.418 e. The Morgan fingerprint density at radius 2 is 1.15 bits per heavy atom. The Morgan fingerprint density at radius 3 is 1.44 bits per heavy atom. The topological polar surface area (TPSA) is 0 Å². The summed E-state index contributed by atoms with van der Waals surface area (Å²) >= 11 is 0. The van der Waals surface area contributed by atoms with Gasteiger partial charge in [-0.05, 0) is 74.8 Å². The quantitative estimate of drug-likeness (QED) is 0.235. The third kappa shape index (κ3) is 16.2. The van der Waals surface area contributed by atoms with E-state index < -0.39 is 23.4 Å². The fourth-order valence-electron chi connectivity index (χ4n) is 2.56. The Morgan fingerprint density at radius 1 is 0.741 bits per heavy atom. The van der Waals surface area contributed by atoms with Crippen LogP contribution >= 0.6 is 0 Å². The van der Waals surface area contributed by atoms with Crippen LogP contribution in [0.3, 0.4) is 0 Å². The Labute approximate surface area is 178 Å². The first-order chi connectivity index (χ1) is 11.6. The molecule has 2 rings (SSSR count). The van der Waals surface area contributed by atoms with Crippen LogP contribution in [-0.4, -0.2) is 23.4 Å². The van der Waals surface area contributed by atoms with Crippen LogP contribution in [0.5, 0.6) is 0 Å².